The van der Waals surface area contributed by atoms with Crippen LogP contribution in [0.15, 0.2) is 48.5 Å². The zero-order valence-corrected chi connectivity index (χ0v) is 18.0. The minimum Gasteiger partial charge on any atom is -0.492 e. The van der Waals surface area contributed by atoms with Gasteiger partial charge in [-0.25, -0.2) is 4.79 Å². The van der Waals surface area contributed by atoms with Gasteiger partial charge in [0.15, 0.2) is 0 Å². The highest BCUT2D eigenvalue weighted by Crippen LogP contribution is 2.17. The van der Waals surface area contributed by atoms with Crippen LogP contribution in [0, 0.1) is 0 Å². The number of carbonyl (C=O) groups is 2. The number of rotatable bonds is 6. The predicted molar refractivity (Wildman–Crippen MR) is 119 cm³/mol. The van der Waals surface area contributed by atoms with Crippen molar-refractivity contribution in [2.75, 3.05) is 38.6 Å². The standard InChI is InChI=1S/C23H28ClN3O3/c1-26(16-17-30-21-12-8-19(24)9-13-21)23(29)25-20-10-6-18(7-11-20)22(28)27-14-4-2-3-5-15-27/h6-13H,2-5,14-17H2,1H3,(H,25,29). The van der Waals surface area contributed by atoms with Gasteiger partial charge in [-0.1, -0.05) is 24.4 Å². The van der Waals surface area contributed by atoms with Crippen molar-refractivity contribution in [3.05, 3.63) is 59.1 Å². The molecule has 2 aromatic carbocycles. The summed E-state index contributed by atoms with van der Waals surface area (Å²) in [5, 5.41) is 3.49. The fraction of sp³-hybridized carbons (Fsp3) is 0.391. The molecule has 6 nitrogen and oxygen atoms in total. The Bertz CT molecular complexity index is 832. The number of benzene rings is 2. The summed E-state index contributed by atoms with van der Waals surface area (Å²) in [5.74, 6) is 0.768. The Kier molecular flexibility index (Phi) is 7.97. The topological polar surface area (TPSA) is 61.9 Å². The van der Waals surface area contributed by atoms with Crippen molar-refractivity contribution in [2.24, 2.45) is 0 Å². The fourth-order valence-electron chi connectivity index (χ4n) is 3.30. The van der Waals surface area contributed by atoms with Crippen molar-refractivity contribution >= 4 is 29.2 Å². The molecule has 1 aliphatic heterocycles. The number of hydrogen-bond donors (Lipinski definition) is 1. The van der Waals surface area contributed by atoms with E-state index >= 15 is 0 Å². The molecule has 7 heteroatoms. The molecule has 0 spiro atoms. The third-order valence-corrected chi connectivity index (χ3v) is 5.38. The fourth-order valence-corrected chi connectivity index (χ4v) is 3.43. The van der Waals surface area contributed by atoms with Crippen molar-refractivity contribution < 1.29 is 14.3 Å². The molecule has 2 aromatic rings. The third kappa shape index (κ3) is 6.39. The monoisotopic (exact) mass is 429 g/mol. The number of urea groups is 1. The first kappa shape index (κ1) is 22.0. The van der Waals surface area contributed by atoms with Gasteiger partial charge >= 0.3 is 6.03 Å². The maximum atomic E-state index is 12.7. The van der Waals surface area contributed by atoms with Crippen LogP contribution in [0.1, 0.15) is 36.0 Å². The van der Waals surface area contributed by atoms with Crippen LogP contribution in [-0.4, -0.2) is 55.0 Å². The highest BCUT2D eigenvalue weighted by atomic mass is 35.5. The molecule has 0 radical (unpaired) electrons. The summed E-state index contributed by atoms with van der Waals surface area (Å²) in [7, 11) is 1.71. The first-order chi connectivity index (χ1) is 14.5. The van der Waals surface area contributed by atoms with E-state index in [1.165, 1.54) is 12.8 Å². The van der Waals surface area contributed by atoms with Crippen LogP contribution in [0.3, 0.4) is 0 Å². The number of ether oxygens (including phenoxy) is 1. The second-order valence-electron chi connectivity index (χ2n) is 7.44. The minimum atomic E-state index is -0.235. The third-order valence-electron chi connectivity index (χ3n) is 5.13. The summed E-state index contributed by atoms with van der Waals surface area (Å²) < 4.78 is 5.62. The normalized spacial score (nSPS) is 14.0. The Balaban J connectivity index is 1.46. The highest BCUT2D eigenvalue weighted by molar-refractivity contribution is 6.30. The number of nitrogens with zero attached hydrogens (tertiary/aromatic N) is 2. The second-order valence-corrected chi connectivity index (χ2v) is 7.87. The number of carbonyl (C=O) groups excluding carboxylic acids is 2. The van der Waals surface area contributed by atoms with Crippen molar-refractivity contribution in [2.45, 2.75) is 25.7 Å². The van der Waals surface area contributed by atoms with E-state index in [9.17, 15) is 9.59 Å². The summed E-state index contributed by atoms with van der Waals surface area (Å²) in [4.78, 5) is 28.5. The van der Waals surface area contributed by atoms with Gasteiger partial charge in [-0.05, 0) is 61.4 Å². The summed E-state index contributed by atoms with van der Waals surface area (Å²) >= 11 is 5.85. The molecule has 1 aliphatic rings. The van der Waals surface area contributed by atoms with Crippen LogP contribution in [0.25, 0.3) is 0 Å². The number of anilines is 1. The van der Waals surface area contributed by atoms with Crippen LogP contribution in [0.4, 0.5) is 10.5 Å². The van der Waals surface area contributed by atoms with Gasteiger partial charge in [0.2, 0.25) is 0 Å². The lowest BCUT2D eigenvalue weighted by atomic mass is 10.1. The van der Waals surface area contributed by atoms with E-state index in [0.29, 0.717) is 35.2 Å². The van der Waals surface area contributed by atoms with Gasteiger partial charge in [-0.3, -0.25) is 4.79 Å². The van der Waals surface area contributed by atoms with Gasteiger partial charge in [-0.2, -0.15) is 0 Å². The Morgan fingerprint density at radius 2 is 1.63 bits per heavy atom. The minimum absolute atomic E-state index is 0.0613. The smallest absolute Gasteiger partial charge is 0.321 e. The van der Waals surface area contributed by atoms with Gasteiger partial charge in [0.1, 0.15) is 12.4 Å². The molecule has 0 aromatic heterocycles. The molecule has 3 amide bonds. The van der Waals surface area contributed by atoms with Crippen molar-refractivity contribution in [1.82, 2.24) is 9.80 Å². The largest absolute Gasteiger partial charge is 0.492 e. The molecule has 0 saturated carbocycles. The second kappa shape index (κ2) is 10.9. The van der Waals surface area contributed by atoms with Crippen LogP contribution >= 0.6 is 11.6 Å². The first-order valence-electron chi connectivity index (χ1n) is 10.3. The molecule has 0 unspecified atom stereocenters. The zero-order valence-electron chi connectivity index (χ0n) is 17.3. The zero-order chi connectivity index (χ0) is 21.3. The molecule has 0 aliphatic carbocycles. The molecule has 3 rings (SSSR count). The average molecular weight is 430 g/mol. The van der Waals surface area contributed by atoms with Gasteiger partial charge in [0, 0.05) is 36.4 Å². The highest BCUT2D eigenvalue weighted by Gasteiger charge is 2.17. The number of likely N-dealkylation sites (N-methyl/N-ethyl adjacent to an activating group) is 1. The molecule has 0 atom stereocenters. The Morgan fingerprint density at radius 1 is 1.00 bits per heavy atom. The van der Waals surface area contributed by atoms with Gasteiger partial charge in [0.25, 0.3) is 5.91 Å². The summed E-state index contributed by atoms with van der Waals surface area (Å²) in [6.07, 6.45) is 4.50. The Morgan fingerprint density at radius 3 is 2.27 bits per heavy atom. The van der Waals surface area contributed by atoms with Crippen molar-refractivity contribution in [3.63, 3.8) is 0 Å². The first-order valence-corrected chi connectivity index (χ1v) is 10.7. The van der Waals surface area contributed by atoms with E-state index in [4.69, 9.17) is 16.3 Å². The molecule has 160 valence electrons. The maximum Gasteiger partial charge on any atom is 0.321 e. The maximum absolute atomic E-state index is 12.7. The van der Waals surface area contributed by atoms with Gasteiger partial charge in [-0.15, -0.1) is 0 Å². The predicted octanol–water partition coefficient (Wildman–Crippen LogP) is 4.90. The van der Waals surface area contributed by atoms with Crippen molar-refractivity contribution in [3.8, 4) is 5.75 Å². The Hall–Kier alpha value is -2.73. The summed E-state index contributed by atoms with van der Waals surface area (Å²) in [6.45, 7) is 2.44. The molecular formula is C23H28ClN3O3. The molecule has 1 saturated heterocycles. The van der Waals surface area contributed by atoms with E-state index in [2.05, 4.69) is 5.32 Å². The van der Waals surface area contributed by atoms with E-state index < -0.39 is 0 Å². The van der Waals surface area contributed by atoms with Crippen molar-refractivity contribution in [1.29, 1.82) is 0 Å². The molecule has 1 fully saturated rings. The van der Waals surface area contributed by atoms with E-state index in [1.54, 1.807) is 60.5 Å². The number of halogens is 1. The number of amides is 3. The summed E-state index contributed by atoms with van der Waals surface area (Å²) in [6, 6.07) is 13.9. The van der Waals surface area contributed by atoms with Crippen LogP contribution in [0.5, 0.6) is 5.75 Å². The lowest BCUT2D eigenvalue weighted by Crippen LogP contribution is -2.34. The Labute approximate surface area is 182 Å². The quantitative estimate of drug-likeness (QED) is 0.710. The number of likely N-dealkylation sites (tertiary alicyclic amines) is 1. The van der Waals surface area contributed by atoms with Gasteiger partial charge in [0.05, 0.1) is 6.54 Å². The van der Waals surface area contributed by atoms with Crippen LogP contribution in [-0.2, 0) is 0 Å². The number of hydrogen-bond acceptors (Lipinski definition) is 3. The van der Waals surface area contributed by atoms with Crippen LogP contribution < -0.4 is 10.1 Å². The molecule has 1 N–H and O–H groups in total. The lowest BCUT2D eigenvalue weighted by molar-refractivity contribution is 0.0761. The summed E-state index contributed by atoms with van der Waals surface area (Å²) in [5.41, 5.74) is 1.30. The van der Waals surface area contributed by atoms with E-state index in [0.717, 1.165) is 25.9 Å². The SMILES string of the molecule is CN(CCOc1ccc(Cl)cc1)C(=O)Nc1ccc(C(=O)N2CCCCCC2)cc1. The molecule has 0 bridgehead atoms. The van der Waals surface area contributed by atoms with E-state index in [-0.39, 0.29) is 11.9 Å². The van der Waals surface area contributed by atoms with E-state index in [1.807, 2.05) is 4.90 Å². The molecular weight excluding hydrogens is 402 g/mol. The molecule has 1 heterocycles. The van der Waals surface area contributed by atoms with Crippen LogP contribution in [0.2, 0.25) is 5.02 Å². The van der Waals surface area contributed by atoms with Gasteiger partial charge < -0.3 is 19.9 Å². The number of nitrogens with one attached hydrogen (secondary N) is 1. The molecule has 30 heavy (non-hydrogen) atoms. The lowest BCUT2D eigenvalue weighted by Gasteiger charge is -2.21. The average Bonchev–Trinajstić information content (AvgIpc) is 3.04.